The first-order chi connectivity index (χ1) is 9.65. The molecule has 2 rings (SSSR count). The van der Waals surface area contributed by atoms with Gasteiger partial charge in [-0.15, -0.1) is 0 Å². The third-order valence-corrected chi connectivity index (χ3v) is 3.66. The summed E-state index contributed by atoms with van der Waals surface area (Å²) in [5.74, 6) is 0.866. The number of nitrogens with zero attached hydrogens (tertiary/aromatic N) is 1. The summed E-state index contributed by atoms with van der Waals surface area (Å²) >= 11 is 0. The molecule has 1 aliphatic carbocycles. The molecule has 1 saturated carbocycles. The molecular formula is C14H20N2O4. The molecule has 0 saturated heterocycles. The third kappa shape index (κ3) is 3.12. The van der Waals surface area contributed by atoms with Gasteiger partial charge in [-0.25, -0.2) is 0 Å². The van der Waals surface area contributed by atoms with Gasteiger partial charge in [0, 0.05) is 12.1 Å². The van der Waals surface area contributed by atoms with E-state index in [1.165, 1.54) is 39.5 Å². The highest BCUT2D eigenvalue weighted by molar-refractivity contribution is 5.68. The van der Waals surface area contributed by atoms with Crippen LogP contribution in [0.3, 0.4) is 0 Å². The average Bonchev–Trinajstić information content (AvgIpc) is 2.47. The zero-order chi connectivity index (χ0) is 14.5. The first kappa shape index (κ1) is 14.4. The van der Waals surface area contributed by atoms with E-state index >= 15 is 0 Å². The highest BCUT2D eigenvalue weighted by Gasteiger charge is 2.22. The van der Waals surface area contributed by atoms with E-state index in [0.29, 0.717) is 23.2 Å². The molecular weight excluding hydrogens is 260 g/mol. The number of anilines is 1. The number of hydrogen-bond acceptors (Lipinski definition) is 5. The van der Waals surface area contributed by atoms with Crippen molar-refractivity contribution in [2.24, 2.45) is 0 Å². The van der Waals surface area contributed by atoms with Crippen LogP contribution in [0.25, 0.3) is 0 Å². The summed E-state index contributed by atoms with van der Waals surface area (Å²) in [4.78, 5) is 10.8. The Labute approximate surface area is 118 Å². The molecule has 0 bridgehead atoms. The van der Waals surface area contributed by atoms with Crippen LogP contribution in [0.5, 0.6) is 11.5 Å². The topological polar surface area (TPSA) is 73.6 Å². The first-order valence-corrected chi connectivity index (χ1v) is 6.82. The van der Waals surface area contributed by atoms with Crippen molar-refractivity contribution in [2.75, 3.05) is 19.5 Å². The van der Waals surface area contributed by atoms with E-state index in [9.17, 15) is 10.1 Å². The van der Waals surface area contributed by atoms with Gasteiger partial charge in [-0.2, -0.15) is 0 Å². The van der Waals surface area contributed by atoms with Crippen LogP contribution in [0.4, 0.5) is 11.4 Å². The summed E-state index contributed by atoms with van der Waals surface area (Å²) in [6.07, 6.45) is 5.67. The van der Waals surface area contributed by atoms with Gasteiger partial charge in [0.1, 0.15) is 5.69 Å². The molecule has 1 aliphatic rings. The van der Waals surface area contributed by atoms with E-state index in [2.05, 4.69) is 5.32 Å². The smallest absolute Gasteiger partial charge is 0.296 e. The van der Waals surface area contributed by atoms with Crippen LogP contribution >= 0.6 is 0 Å². The Kier molecular flexibility index (Phi) is 4.65. The van der Waals surface area contributed by atoms with Gasteiger partial charge in [-0.3, -0.25) is 10.1 Å². The van der Waals surface area contributed by atoms with Crippen molar-refractivity contribution in [1.82, 2.24) is 0 Å². The number of ether oxygens (including phenoxy) is 2. The van der Waals surface area contributed by atoms with Gasteiger partial charge in [0.2, 0.25) is 0 Å². The zero-order valence-corrected chi connectivity index (χ0v) is 11.8. The molecule has 0 aliphatic heterocycles. The van der Waals surface area contributed by atoms with Gasteiger partial charge in [0.15, 0.2) is 11.5 Å². The second kappa shape index (κ2) is 6.45. The molecule has 1 N–H and O–H groups in total. The number of benzene rings is 1. The maximum atomic E-state index is 11.2. The van der Waals surface area contributed by atoms with E-state index in [0.717, 1.165) is 12.8 Å². The van der Waals surface area contributed by atoms with Crippen molar-refractivity contribution in [2.45, 2.75) is 38.1 Å². The fourth-order valence-electron chi connectivity index (χ4n) is 2.60. The lowest BCUT2D eigenvalue weighted by Gasteiger charge is -2.24. The van der Waals surface area contributed by atoms with Crippen molar-refractivity contribution in [3.63, 3.8) is 0 Å². The lowest BCUT2D eigenvalue weighted by molar-refractivity contribution is -0.384. The Morgan fingerprint density at radius 3 is 2.30 bits per heavy atom. The van der Waals surface area contributed by atoms with Crippen LogP contribution < -0.4 is 14.8 Å². The predicted molar refractivity (Wildman–Crippen MR) is 76.7 cm³/mol. The quantitative estimate of drug-likeness (QED) is 0.661. The standard InChI is InChI=1S/C14H20N2O4/c1-19-13-8-11(15-10-6-4-3-5-7-10)12(16(17)18)9-14(13)20-2/h8-10,15H,3-7H2,1-2H3. The first-order valence-electron chi connectivity index (χ1n) is 6.82. The molecule has 20 heavy (non-hydrogen) atoms. The minimum atomic E-state index is -0.396. The molecule has 1 aromatic carbocycles. The normalized spacial score (nSPS) is 15.7. The maximum absolute atomic E-state index is 11.2. The number of methoxy groups -OCH3 is 2. The highest BCUT2D eigenvalue weighted by atomic mass is 16.6. The second-order valence-electron chi connectivity index (χ2n) is 4.96. The number of nitro benzene ring substituents is 1. The zero-order valence-electron chi connectivity index (χ0n) is 11.8. The fraction of sp³-hybridized carbons (Fsp3) is 0.571. The lowest BCUT2D eigenvalue weighted by Crippen LogP contribution is -2.22. The van der Waals surface area contributed by atoms with Gasteiger partial charge in [0.05, 0.1) is 25.2 Å². The summed E-state index contributed by atoms with van der Waals surface area (Å²) in [5, 5.41) is 14.5. The second-order valence-corrected chi connectivity index (χ2v) is 4.96. The van der Waals surface area contributed by atoms with Crippen LogP contribution in [0.15, 0.2) is 12.1 Å². The molecule has 0 unspecified atom stereocenters. The Balaban J connectivity index is 2.30. The molecule has 1 fully saturated rings. The van der Waals surface area contributed by atoms with Crippen molar-refractivity contribution in [3.8, 4) is 11.5 Å². The summed E-state index contributed by atoms with van der Waals surface area (Å²) in [6, 6.07) is 3.34. The minimum Gasteiger partial charge on any atom is -0.493 e. The maximum Gasteiger partial charge on any atom is 0.296 e. The molecule has 0 amide bonds. The van der Waals surface area contributed by atoms with Crippen molar-refractivity contribution in [3.05, 3.63) is 22.2 Å². The highest BCUT2D eigenvalue weighted by Crippen LogP contribution is 2.38. The molecule has 110 valence electrons. The molecule has 1 aromatic rings. The van der Waals surface area contributed by atoms with Crippen LogP contribution in [0.2, 0.25) is 0 Å². The van der Waals surface area contributed by atoms with Crippen LogP contribution in [-0.2, 0) is 0 Å². The van der Waals surface area contributed by atoms with E-state index in [-0.39, 0.29) is 5.69 Å². The summed E-state index contributed by atoms with van der Waals surface area (Å²) < 4.78 is 10.3. The Hall–Kier alpha value is -1.98. The van der Waals surface area contributed by atoms with E-state index < -0.39 is 4.92 Å². The summed E-state index contributed by atoms with van der Waals surface area (Å²) in [5.41, 5.74) is 0.521. The van der Waals surface area contributed by atoms with Crippen molar-refractivity contribution in [1.29, 1.82) is 0 Å². The number of nitro groups is 1. The average molecular weight is 280 g/mol. The van der Waals surface area contributed by atoms with Crippen LogP contribution in [-0.4, -0.2) is 25.2 Å². The Morgan fingerprint density at radius 2 is 1.75 bits per heavy atom. The molecule has 6 heteroatoms. The van der Waals surface area contributed by atoms with Crippen LogP contribution in [0.1, 0.15) is 32.1 Å². The molecule has 0 aromatic heterocycles. The monoisotopic (exact) mass is 280 g/mol. The van der Waals surface area contributed by atoms with Gasteiger partial charge < -0.3 is 14.8 Å². The van der Waals surface area contributed by atoms with Gasteiger partial charge in [-0.1, -0.05) is 19.3 Å². The number of nitrogens with one attached hydrogen (secondary N) is 1. The van der Waals surface area contributed by atoms with E-state index in [4.69, 9.17) is 9.47 Å². The Morgan fingerprint density at radius 1 is 1.15 bits per heavy atom. The minimum absolute atomic E-state index is 0.0215. The summed E-state index contributed by atoms with van der Waals surface area (Å²) in [6.45, 7) is 0. The van der Waals surface area contributed by atoms with Gasteiger partial charge >= 0.3 is 0 Å². The SMILES string of the molecule is COc1cc(NC2CCCCC2)c([N+](=O)[O-])cc1OC. The Bertz CT molecular complexity index is 484. The molecule has 0 radical (unpaired) electrons. The fourth-order valence-corrected chi connectivity index (χ4v) is 2.60. The molecule has 0 heterocycles. The predicted octanol–water partition coefficient (Wildman–Crippen LogP) is 3.36. The molecule has 6 nitrogen and oxygen atoms in total. The van der Waals surface area contributed by atoms with Crippen LogP contribution in [0, 0.1) is 10.1 Å². The lowest BCUT2D eigenvalue weighted by atomic mass is 9.95. The van der Waals surface area contributed by atoms with E-state index in [1.807, 2.05) is 0 Å². The molecule has 0 spiro atoms. The van der Waals surface area contributed by atoms with Gasteiger partial charge in [0.25, 0.3) is 5.69 Å². The summed E-state index contributed by atoms with van der Waals surface area (Å²) in [7, 11) is 2.99. The van der Waals surface area contributed by atoms with Gasteiger partial charge in [-0.05, 0) is 12.8 Å². The third-order valence-electron chi connectivity index (χ3n) is 3.66. The largest absolute Gasteiger partial charge is 0.493 e. The van der Waals surface area contributed by atoms with E-state index in [1.54, 1.807) is 6.07 Å². The van der Waals surface area contributed by atoms with Crippen molar-refractivity contribution >= 4 is 11.4 Å². The number of hydrogen-bond donors (Lipinski definition) is 1. The van der Waals surface area contributed by atoms with Crippen molar-refractivity contribution < 1.29 is 14.4 Å². The molecule has 0 atom stereocenters. The number of rotatable bonds is 5.